The van der Waals surface area contributed by atoms with Crippen LogP contribution >= 0.6 is 11.8 Å². The molecular weight excluding hydrogens is 276 g/mol. The average molecular weight is 302 g/mol. The van der Waals surface area contributed by atoms with Gasteiger partial charge in [0.2, 0.25) is 0 Å². The van der Waals surface area contributed by atoms with E-state index in [1.165, 1.54) is 42.8 Å². The fraction of sp³-hybridized carbons (Fsp3) is 0.611. The molecule has 0 radical (unpaired) electrons. The van der Waals surface area contributed by atoms with Crippen molar-refractivity contribution in [1.82, 2.24) is 5.32 Å². The molecular formula is C18H26N2S. The summed E-state index contributed by atoms with van der Waals surface area (Å²) in [5.74, 6) is 1.89. The van der Waals surface area contributed by atoms with Gasteiger partial charge in [0.15, 0.2) is 5.17 Å². The Morgan fingerprint density at radius 3 is 2.81 bits per heavy atom. The third-order valence-electron chi connectivity index (χ3n) is 4.67. The van der Waals surface area contributed by atoms with E-state index in [-0.39, 0.29) is 0 Å². The van der Waals surface area contributed by atoms with E-state index in [1.54, 1.807) is 0 Å². The number of hydrogen-bond acceptors (Lipinski definition) is 2. The van der Waals surface area contributed by atoms with Crippen LogP contribution in [0.1, 0.15) is 44.6 Å². The van der Waals surface area contributed by atoms with Crippen molar-refractivity contribution in [3.05, 3.63) is 35.9 Å². The lowest BCUT2D eigenvalue weighted by molar-refractivity contribution is 0.434. The SMILES string of the molecule is CC1CCCCCC1N=C1NC(Cc2ccccc2)CS1. The summed E-state index contributed by atoms with van der Waals surface area (Å²) in [4.78, 5) is 5.04. The molecule has 2 nitrogen and oxygen atoms in total. The molecule has 2 fully saturated rings. The van der Waals surface area contributed by atoms with Crippen molar-refractivity contribution >= 4 is 16.9 Å². The third-order valence-corrected chi connectivity index (χ3v) is 5.74. The van der Waals surface area contributed by atoms with E-state index in [0.29, 0.717) is 12.1 Å². The van der Waals surface area contributed by atoms with Crippen LogP contribution in [0.2, 0.25) is 0 Å². The summed E-state index contributed by atoms with van der Waals surface area (Å²) in [5, 5.41) is 4.83. The number of thioether (sulfide) groups is 1. The summed E-state index contributed by atoms with van der Waals surface area (Å²) in [6, 6.07) is 11.8. The summed E-state index contributed by atoms with van der Waals surface area (Å²) in [7, 11) is 0. The average Bonchev–Trinajstić information content (AvgIpc) is 2.83. The quantitative estimate of drug-likeness (QED) is 0.844. The lowest BCUT2D eigenvalue weighted by Crippen LogP contribution is -2.30. The normalized spacial score (nSPS) is 31.9. The third kappa shape index (κ3) is 4.26. The van der Waals surface area contributed by atoms with Crippen LogP contribution in [-0.2, 0) is 6.42 Å². The Morgan fingerprint density at radius 2 is 1.95 bits per heavy atom. The molecule has 114 valence electrons. The van der Waals surface area contributed by atoms with E-state index in [1.807, 2.05) is 11.8 Å². The summed E-state index contributed by atoms with van der Waals surface area (Å²) >= 11 is 1.91. The van der Waals surface area contributed by atoms with Crippen LogP contribution in [0.5, 0.6) is 0 Å². The van der Waals surface area contributed by atoms with Gasteiger partial charge in [0.25, 0.3) is 0 Å². The Balaban J connectivity index is 1.57. The van der Waals surface area contributed by atoms with E-state index in [9.17, 15) is 0 Å². The second-order valence-electron chi connectivity index (χ2n) is 6.46. The smallest absolute Gasteiger partial charge is 0.157 e. The van der Waals surface area contributed by atoms with E-state index in [4.69, 9.17) is 4.99 Å². The molecule has 21 heavy (non-hydrogen) atoms. The molecule has 1 aromatic carbocycles. The molecule has 0 spiro atoms. The van der Waals surface area contributed by atoms with Crippen molar-refractivity contribution in [2.24, 2.45) is 10.9 Å². The van der Waals surface area contributed by atoms with Gasteiger partial charge in [0, 0.05) is 11.8 Å². The predicted molar refractivity (Wildman–Crippen MR) is 93.0 cm³/mol. The zero-order valence-corrected chi connectivity index (χ0v) is 13.7. The van der Waals surface area contributed by atoms with Gasteiger partial charge in [-0.05, 0) is 30.7 Å². The highest BCUT2D eigenvalue weighted by Gasteiger charge is 2.24. The fourth-order valence-corrected chi connectivity index (χ4v) is 4.36. The van der Waals surface area contributed by atoms with E-state index >= 15 is 0 Å². The second kappa shape index (κ2) is 7.35. The van der Waals surface area contributed by atoms with Gasteiger partial charge < -0.3 is 5.32 Å². The Kier molecular flexibility index (Phi) is 5.23. The summed E-state index contributed by atoms with van der Waals surface area (Å²) in [5.41, 5.74) is 1.42. The number of nitrogens with one attached hydrogen (secondary N) is 1. The van der Waals surface area contributed by atoms with E-state index in [0.717, 1.165) is 18.1 Å². The lowest BCUT2D eigenvalue weighted by Gasteiger charge is -2.18. The fourth-order valence-electron chi connectivity index (χ4n) is 3.34. The largest absolute Gasteiger partial charge is 0.361 e. The van der Waals surface area contributed by atoms with Crippen molar-refractivity contribution in [1.29, 1.82) is 0 Å². The van der Waals surface area contributed by atoms with Crippen LogP contribution in [0, 0.1) is 5.92 Å². The molecule has 3 heteroatoms. The minimum atomic E-state index is 0.539. The summed E-state index contributed by atoms with van der Waals surface area (Å²) < 4.78 is 0. The van der Waals surface area contributed by atoms with Crippen molar-refractivity contribution < 1.29 is 0 Å². The van der Waals surface area contributed by atoms with E-state index in [2.05, 4.69) is 42.6 Å². The molecule has 2 aliphatic rings. The molecule has 1 aromatic rings. The molecule has 1 saturated carbocycles. The molecule has 3 rings (SSSR count). The van der Waals surface area contributed by atoms with Gasteiger partial charge in [-0.15, -0.1) is 0 Å². The Morgan fingerprint density at radius 1 is 1.14 bits per heavy atom. The van der Waals surface area contributed by atoms with Crippen LogP contribution in [0.3, 0.4) is 0 Å². The molecule has 0 aromatic heterocycles. The van der Waals surface area contributed by atoms with Crippen molar-refractivity contribution in [3.8, 4) is 0 Å². The molecule has 0 bridgehead atoms. The number of aliphatic imine (C=N–C) groups is 1. The zero-order chi connectivity index (χ0) is 14.5. The van der Waals surface area contributed by atoms with Gasteiger partial charge in [-0.2, -0.15) is 0 Å². The second-order valence-corrected chi connectivity index (χ2v) is 7.47. The number of amidine groups is 1. The first-order valence-corrected chi connectivity index (χ1v) is 9.31. The molecule has 0 amide bonds. The summed E-state index contributed by atoms with van der Waals surface area (Å²) in [6.45, 7) is 2.38. The molecule has 1 saturated heterocycles. The van der Waals surface area contributed by atoms with Crippen LogP contribution in [0.4, 0.5) is 0 Å². The number of nitrogens with zero attached hydrogens (tertiary/aromatic N) is 1. The standard InChI is InChI=1S/C18H26N2S/c1-14-8-4-2-7-11-17(14)20-18-19-16(13-21-18)12-15-9-5-3-6-10-15/h3,5-6,9-10,14,16-17H,2,4,7-8,11-13H2,1H3,(H,19,20). The van der Waals surface area contributed by atoms with Crippen molar-refractivity contribution in [3.63, 3.8) is 0 Å². The van der Waals surface area contributed by atoms with Crippen LogP contribution in [0.25, 0.3) is 0 Å². The molecule has 1 aliphatic carbocycles. The maximum atomic E-state index is 5.04. The van der Waals surface area contributed by atoms with Gasteiger partial charge in [0.1, 0.15) is 0 Å². The number of hydrogen-bond donors (Lipinski definition) is 1. The minimum absolute atomic E-state index is 0.539. The van der Waals surface area contributed by atoms with Gasteiger partial charge in [-0.3, -0.25) is 4.99 Å². The zero-order valence-electron chi connectivity index (χ0n) is 12.9. The molecule has 3 unspecified atom stereocenters. The first-order valence-electron chi connectivity index (χ1n) is 8.32. The highest BCUT2D eigenvalue weighted by Crippen LogP contribution is 2.27. The van der Waals surface area contributed by atoms with E-state index < -0.39 is 0 Å². The van der Waals surface area contributed by atoms with Gasteiger partial charge in [-0.1, -0.05) is 68.3 Å². The lowest BCUT2D eigenvalue weighted by atomic mass is 9.98. The summed E-state index contributed by atoms with van der Waals surface area (Å²) in [6.07, 6.45) is 7.86. The Bertz CT molecular complexity index is 471. The highest BCUT2D eigenvalue weighted by atomic mass is 32.2. The van der Waals surface area contributed by atoms with Crippen molar-refractivity contribution in [2.75, 3.05) is 5.75 Å². The maximum absolute atomic E-state index is 5.04. The Labute approximate surface area is 132 Å². The molecule has 1 aliphatic heterocycles. The molecule has 1 heterocycles. The Hall–Kier alpha value is -0.960. The van der Waals surface area contributed by atoms with Crippen LogP contribution in [-0.4, -0.2) is 23.0 Å². The predicted octanol–water partition coefficient (Wildman–Crippen LogP) is 4.26. The highest BCUT2D eigenvalue weighted by molar-refractivity contribution is 8.14. The maximum Gasteiger partial charge on any atom is 0.157 e. The molecule has 1 N–H and O–H groups in total. The number of rotatable bonds is 3. The van der Waals surface area contributed by atoms with Gasteiger partial charge in [-0.25, -0.2) is 0 Å². The first kappa shape index (κ1) is 15.0. The number of benzene rings is 1. The van der Waals surface area contributed by atoms with Gasteiger partial charge >= 0.3 is 0 Å². The van der Waals surface area contributed by atoms with Crippen molar-refractivity contribution in [2.45, 2.75) is 57.5 Å². The molecule has 3 atom stereocenters. The minimum Gasteiger partial charge on any atom is -0.361 e. The van der Waals surface area contributed by atoms with Gasteiger partial charge in [0.05, 0.1) is 6.04 Å². The topological polar surface area (TPSA) is 24.4 Å². The van der Waals surface area contributed by atoms with Crippen LogP contribution < -0.4 is 5.32 Å². The first-order chi connectivity index (χ1) is 10.3. The monoisotopic (exact) mass is 302 g/mol. The van der Waals surface area contributed by atoms with Crippen LogP contribution in [0.15, 0.2) is 35.3 Å².